The molecule has 1 fully saturated rings. The van der Waals surface area contributed by atoms with Crippen molar-refractivity contribution in [1.82, 2.24) is 4.90 Å². The third-order valence-electron chi connectivity index (χ3n) is 6.35. The molecule has 0 unspecified atom stereocenters. The summed E-state index contributed by atoms with van der Waals surface area (Å²) in [5, 5.41) is 0.711. The van der Waals surface area contributed by atoms with Gasteiger partial charge in [0.25, 0.3) is 0 Å². The lowest BCUT2D eigenvalue weighted by Gasteiger charge is -2.44. The maximum absolute atomic E-state index is 14.6. The molecule has 6 nitrogen and oxygen atoms in total. The number of alkyl halides is 3. The minimum atomic E-state index is -4.60. The van der Waals surface area contributed by atoms with Gasteiger partial charge in [-0.05, 0) is 37.0 Å². The van der Waals surface area contributed by atoms with Crippen molar-refractivity contribution in [2.75, 3.05) is 34.4 Å². The first-order valence-electron chi connectivity index (χ1n) is 12.9. The summed E-state index contributed by atoms with van der Waals surface area (Å²) in [5.41, 5.74) is -0.595. The molecular formula is C27H39F3N2O4S. The summed E-state index contributed by atoms with van der Waals surface area (Å²) < 4.78 is 67.4. The zero-order chi connectivity index (χ0) is 27.0. The Bertz CT molecular complexity index is 908. The van der Waals surface area contributed by atoms with Gasteiger partial charge in [-0.15, -0.1) is 0 Å². The maximum atomic E-state index is 14.6. The Morgan fingerprint density at radius 2 is 1.68 bits per heavy atom. The molecule has 0 spiro atoms. The lowest BCUT2D eigenvalue weighted by molar-refractivity contribution is -0.198. The highest BCUT2D eigenvalue weighted by Crippen LogP contribution is 2.44. The van der Waals surface area contributed by atoms with E-state index in [1.807, 2.05) is 32.8 Å². The molecule has 5 atom stereocenters. The highest BCUT2D eigenvalue weighted by molar-refractivity contribution is 8.14. The molecule has 2 heterocycles. The van der Waals surface area contributed by atoms with Crippen molar-refractivity contribution >= 4 is 16.9 Å². The standard InChI is InChI=1S/C27H39F3N2O4S/c1-6-8-16-34-23-21-25(37-26(31-21)32(3)4)36-22(24(23)35-17-9-7-2)20(27(28,29)30)15-12-18-10-13-19(33-5)14-11-18/h10-11,13-15,21-25H,6-9,12,16-17H2,1-5H3/t21-,22-,23-,24-,25-/m1/s1. The van der Waals surface area contributed by atoms with Crippen molar-refractivity contribution in [3.63, 3.8) is 0 Å². The minimum absolute atomic E-state index is 0.0996. The molecule has 10 heteroatoms. The van der Waals surface area contributed by atoms with Crippen LogP contribution in [0.3, 0.4) is 0 Å². The van der Waals surface area contributed by atoms with Crippen LogP contribution >= 0.6 is 11.8 Å². The number of amidine groups is 1. The molecule has 0 N–H and O–H groups in total. The van der Waals surface area contributed by atoms with E-state index in [0.717, 1.165) is 31.2 Å². The van der Waals surface area contributed by atoms with Crippen molar-refractivity contribution < 1.29 is 32.1 Å². The lowest BCUT2D eigenvalue weighted by Crippen LogP contribution is -2.58. The topological polar surface area (TPSA) is 52.5 Å². The van der Waals surface area contributed by atoms with Gasteiger partial charge in [0.1, 0.15) is 35.5 Å². The normalized spacial score (nSPS) is 26.1. The van der Waals surface area contributed by atoms with E-state index in [-0.39, 0.29) is 6.42 Å². The number of nitrogens with zero attached hydrogens (tertiary/aromatic N) is 2. The number of rotatable bonds is 12. The first kappa shape index (κ1) is 29.8. The maximum Gasteiger partial charge on any atom is 0.414 e. The average Bonchev–Trinajstić information content (AvgIpc) is 3.29. The van der Waals surface area contributed by atoms with E-state index in [9.17, 15) is 13.2 Å². The Morgan fingerprint density at radius 3 is 2.22 bits per heavy atom. The van der Waals surface area contributed by atoms with Crippen LogP contribution in [0, 0.1) is 0 Å². The molecule has 2 aliphatic rings. The second-order valence-electron chi connectivity index (χ2n) is 9.43. The van der Waals surface area contributed by atoms with E-state index >= 15 is 0 Å². The van der Waals surface area contributed by atoms with Gasteiger partial charge < -0.3 is 23.8 Å². The molecule has 3 rings (SSSR count). The predicted molar refractivity (Wildman–Crippen MR) is 141 cm³/mol. The fraction of sp³-hybridized carbons (Fsp3) is 0.667. The van der Waals surface area contributed by atoms with Crippen LogP contribution in [0.1, 0.15) is 45.1 Å². The number of unbranched alkanes of at least 4 members (excludes halogenated alkanes) is 2. The van der Waals surface area contributed by atoms with Gasteiger partial charge in [0.15, 0.2) is 5.17 Å². The van der Waals surface area contributed by atoms with Gasteiger partial charge in [0, 0.05) is 27.3 Å². The smallest absolute Gasteiger partial charge is 0.414 e. The molecule has 1 aromatic rings. The third-order valence-corrected chi connectivity index (χ3v) is 7.65. The third kappa shape index (κ3) is 7.88. The highest BCUT2D eigenvalue weighted by atomic mass is 32.2. The monoisotopic (exact) mass is 544 g/mol. The van der Waals surface area contributed by atoms with Gasteiger partial charge in [0.05, 0.1) is 12.7 Å². The summed E-state index contributed by atoms with van der Waals surface area (Å²) >= 11 is 1.34. The summed E-state index contributed by atoms with van der Waals surface area (Å²) in [6.07, 6.45) is -2.87. The van der Waals surface area contributed by atoms with E-state index in [0.29, 0.717) is 24.1 Å². The fourth-order valence-corrected chi connectivity index (χ4v) is 5.41. The summed E-state index contributed by atoms with van der Waals surface area (Å²) in [5.74, 6) is 0.650. The van der Waals surface area contributed by atoms with E-state index in [4.69, 9.17) is 23.9 Å². The number of benzene rings is 1. The van der Waals surface area contributed by atoms with Crippen molar-refractivity contribution in [2.45, 2.75) is 81.9 Å². The summed E-state index contributed by atoms with van der Waals surface area (Å²) in [6.45, 7) is 4.82. The van der Waals surface area contributed by atoms with Crippen LogP contribution in [0.15, 0.2) is 40.9 Å². The molecule has 0 saturated carbocycles. The largest absolute Gasteiger partial charge is 0.497 e. The summed E-state index contributed by atoms with van der Waals surface area (Å²) in [6, 6.07) is 6.55. The van der Waals surface area contributed by atoms with E-state index in [1.54, 1.807) is 31.4 Å². The predicted octanol–water partition coefficient (Wildman–Crippen LogP) is 5.85. The van der Waals surface area contributed by atoms with Crippen LogP contribution in [-0.4, -0.2) is 80.5 Å². The number of thioether (sulfide) groups is 1. The van der Waals surface area contributed by atoms with Crippen LogP contribution in [0.25, 0.3) is 0 Å². The first-order chi connectivity index (χ1) is 17.7. The molecule has 37 heavy (non-hydrogen) atoms. The molecule has 0 aromatic heterocycles. The van der Waals surface area contributed by atoms with Gasteiger partial charge in [-0.25, -0.2) is 0 Å². The van der Waals surface area contributed by atoms with Crippen molar-refractivity contribution in [2.24, 2.45) is 4.99 Å². The molecule has 0 amide bonds. The van der Waals surface area contributed by atoms with Crippen LogP contribution in [0.5, 0.6) is 5.75 Å². The van der Waals surface area contributed by atoms with E-state index in [2.05, 4.69) is 0 Å². The number of ether oxygens (including phenoxy) is 4. The summed E-state index contributed by atoms with van der Waals surface area (Å²) in [7, 11) is 5.27. The second-order valence-corrected chi connectivity index (χ2v) is 10.5. The van der Waals surface area contributed by atoms with Gasteiger partial charge >= 0.3 is 6.18 Å². The lowest BCUT2D eigenvalue weighted by atomic mass is 9.91. The molecule has 2 aliphatic heterocycles. The summed E-state index contributed by atoms with van der Waals surface area (Å²) in [4.78, 5) is 6.63. The second kappa shape index (κ2) is 13.9. The zero-order valence-corrected chi connectivity index (χ0v) is 23.1. The van der Waals surface area contributed by atoms with Gasteiger partial charge in [-0.1, -0.05) is 56.7 Å². The van der Waals surface area contributed by atoms with Crippen molar-refractivity contribution in [3.8, 4) is 5.75 Å². The molecule has 1 saturated heterocycles. The number of aliphatic imine (C=N–C) groups is 1. The number of allylic oxidation sites excluding steroid dienone is 1. The average molecular weight is 545 g/mol. The van der Waals surface area contributed by atoms with Crippen LogP contribution in [0.2, 0.25) is 0 Å². The Hall–Kier alpha value is -1.75. The van der Waals surface area contributed by atoms with Crippen molar-refractivity contribution in [1.29, 1.82) is 0 Å². The fourth-order valence-electron chi connectivity index (χ4n) is 4.27. The van der Waals surface area contributed by atoms with Crippen molar-refractivity contribution in [3.05, 3.63) is 41.5 Å². The van der Waals surface area contributed by atoms with E-state index in [1.165, 1.54) is 17.8 Å². The van der Waals surface area contributed by atoms with Crippen LogP contribution in [0.4, 0.5) is 13.2 Å². The first-order valence-corrected chi connectivity index (χ1v) is 13.8. The number of fused-ring (bicyclic) bond motifs is 1. The van der Waals surface area contributed by atoms with Gasteiger partial charge in [-0.2, -0.15) is 13.2 Å². The molecule has 0 bridgehead atoms. The Kier molecular flexibility index (Phi) is 11.2. The Labute approximate surface area is 222 Å². The zero-order valence-electron chi connectivity index (χ0n) is 22.3. The van der Waals surface area contributed by atoms with Crippen LogP contribution in [-0.2, 0) is 20.6 Å². The number of halogens is 3. The van der Waals surface area contributed by atoms with Gasteiger partial charge in [0.2, 0.25) is 0 Å². The molecule has 0 aliphatic carbocycles. The Balaban J connectivity index is 1.97. The molecular weight excluding hydrogens is 505 g/mol. The number of hydrogen-bond acceptors (Lipinski definition) is 7. The Morgan fingerprint density at radius 1 is 1.05 bits per heavy atom. The highest BCUT2D eigenvalue weighted by Gasteiger charge is 2.55. The SMILES string of the molecule is CCCCO[C@@H]1[C@H]2N=C(N(C)C)S[C@H]2O[C@H](C(=CCc2ccc(OC)cc2)C(F)(F)F)[C@H]1OCCCC. The minimum Gasteiger partial charge on any atom is -0.497 e. The molecule has 1 aromatic carbocycles. The van der Waals surface area contributed by atoms with Gasteiger partial charge in [-0.3, -0.25) is 4.99 Å². The molecule has 208 valence electrons. The number of hydrogen-bond donors (Lipinski definition) is 0. The van der Waals surface area contributed by atoms with E-state index < -0.39 is 41.5 Å². The number of methoxy groups -OCH3 is 1. The van der Waals surface area contributed by atoms with Crippen LogP contribution < -0.4 is 4.74 Å². The quantitative estimate of drug-likeness (QED) is 0.243. The molecule has 0 radical (unpaired) electrons.